The van der Waals surface area contributed by atoms with E-state index >= 15 is 0 Å². The number of benzene rings is 2. The van der Waals surface area contributed by atoms with Crippen LogP contribution in [0, 0.1) is 13.8 Å². The first kappa shape index (κ1) is 20.5. The zero-order chi connectivity index (χ0) is 21.0. The van der Waals surface area contributed by atoms with Crippen molar-refractivity contribution >= 4 is 11.4 Å². The van der Waals surface area contributed by atoms with Crippen LogP contribution in [0.4, 0.5) is 5.69 Å². The number of nitrogens with zero attached hydrogens (tertiary/aromatic N) is 1. The lowest BCUT2D eigenvalue weighted by Crippen LogP contribution is -2.20. The van der Waals surface area contributed by atoms with Crippen molar-refractivity contribution in [2.24, 2.45) is 4.99 Å². The fourth-order valence-corrected chi connectivity index (χ4v) is 3.46. The summed E-state index contributed by atoms with van der Waals surface area (Å²) in [5.41, 5.74) is 8.56. The van der Waals surface area contributed by atoms with Crippen LogP contribution >= 0.6 is 0 Å². The second-order valence-electron chi connectivity index (χ2n) is 8.08. The van der Waals surface area contributed by atoms with Gasteiger partial charge in [-0.3, -0.25) is 0 Å². The third kappa shape index (κ3) is 4.63. The molecule has 146 valence electrons. The standard InChI is InChI=1S/C28H29N/c1-20-11-7-9-13-25(20)28(5,6)23(4)16-18-24-17-15-22(3)27(19-24)29-26-14-10-8-12-21(26)2/h7-19H,3-4H2,1-2,5-6H3/b18-16+,29-27-. The molecule has 0 aliphatic heterocycles. The van der Waals surface area contributed by atoms with Gasteiger partial charge in [0.05, 0.1) is 11.4 Å². The van der Waals surface area contributed by atoms with Crippen LogP contribution in [0.15, 0.2) is 114 Å². The summed E-state index contributed by atoms with van der Waals surface area (Å²) >= 11 is 0. The molecule has 0 heterocycles. The first-order valence-electron chi connectivity index (χ1n) is 9.96. The average molecular weight is 380 g/mol. The normalized spacial score (nSPS) is 15.8. The number of aryl methyl sites for hydroxylation is 2. The Balaban J connectivity index is 1.85. The Morgan fingerprint density at radius 3 is 2.28 bits per heavy atom. The molecule has 0 unspecified atom stereocenters. The van der Waals surface area contributed by atoms with Gasteiger partial charge in [-0.05, 0) is 59.4 Å². The van der Waals surface area contributed by atoms with E-state index in [1.807, 2.05) is 24.3 Å². The van der Waals surface area contributed by atoms with Crippen LogP contribution in [0.25, 0.3) is 0 Å². The number of rotatable bonds is 5. The fourth-order valence-electron chi connectivity index (χ4n) is 3.46. The van der Waals surface area contributed by atoms with E-state index in [4.69, 9.17) is 4.99 Å². The number of allylic oxidation sites excluding steroid dienone is 8. The van der Waals surface area contributed by atoms with Gasteiger partial charge in [0.25, 0.3) is 0 Å². The maximum absolute atomic E-state index is 4.82. The maximum Gasteiger partial charge on any atom is 0.0709 e. The topological polar surface area (TPSA) is 12.4 Å². The Kier molecular flexibility index (Phi) is 5.98. The smallest absolute Gasteiger partial charge is 0.0709 e. The highest BCUT2D eigenvalue weighted by Gasteiger charge is 2.24. The van der Waals surface area contributed by atoms with Gasteiger partial charge in [-0.15, -0.1) is 0 Å². The number of hydrogen-bond donors (Lipinski definition) is 0. The van der Waals surface area contributed by atoms with Crippen molar-refractivity contribution in [2.75, 3.05) is 0 Å². The Morgan fingerprint density at radius 1 is 0.931 bits per heavy atom. The van der Waals surface area contributed by atoms with Crippen molar-refractivity contribution in [3.63, 3.8) is 0 Å². The summed E-state index contributed by atoms with van der Waals surface area (Å²) in [4.78, 5) is 4.82. The van der Waals surface area contributed by atoms with Crippen molar-refractivity contribution in [3.05, 3.63) is 125 Å². The van der Waals surface area contributed by atoms with Crippen LogP contribution in [0.5, 0.6) is 0 Å². The highest BCUT2D eigenvalue weighted by Crippen LogP contribution is 2.33. The molecule has 0 saturated carbocycles. The molecule has 1 heteroatoms. The van der Waals surface area contributed by atoms with Gasteiger partial charge in [-0.25, -0.2) is 4.99 Å². The zero-order valence-corrected chi connectivity index (χ0v) is 17.9. The third-order valence-electron chi connectivity index (χ3n) is 5.56. The van der Waals surface area contributed by atoms with Gasteiger partial charge in [-0.1, -0.05) is 93.8 Å². The minimum atomic E-state index is -0.136. The molecule has 0 aromatic heterocycles. The van der Waals surface area contributed by atoms with Crippen LogP contribution in [0.2, 0.25) is 0 Å². The summed E-state index contributed by atoms with van der Waals surface area (Å²) in [6, 6.07) is 16.6. The molecule has 1 aliphatic carbocycles. The van der Waals surface area contributed by atoms with Gasteiger partial charge in [0.1, 0.15) is 0 Å². The van der Waals surface area contributed by atoms with Gasteiger partial charge in [0, 0.05) is 5.41 Å². The fraction of sp³-hybridized carbons (Fsp3) is 0.179. The van der Waals surface area contributed by atoms with Crippen molar-refractivity contribution in [3.8, 4) is 0 Å². The monoisotopic (exact) mass is 379 g/mol. The molecule has 0 fully saturated rings. The lowest BCUT2D eigenvalue weighted by molar-refractivity contribution is 0.637. The molecular formula is C28H29N. The molecule has 0 saturated heterocycles. The molecule has 0 amide bonds. The maximum atomic E-state index is 4.82. The first-order chi connectivity index (χ1) is 13.8. The molecule has 2 aromatic carbocycles. The van der Waals surface area contributed by atoms with Gasteiger partial charge in [-0.2, -0.15) is 0 Å². The molecule has 3 rings (SSSR count). The van der Waals surface area contributed by atoms with Crippen LogP contribution in [0.1, 0.15) is 30.5 Å². The molecule has 2 aromatic rings. The van der Waals surface area contributed by atoms with Gasteiger partial charge in [0.2, 0.25) is 0 Å². The van der Waals surface area contributed by atoms with Crippen LogP contribution in [-0.2, 0) is 5.41 Å². The average Bonchev–Trinajstić information content (AvgIpc) is 2.70. The van der Waals surface area contributed by atoms with Gasteiger partial charge >= 0.3 is 0 Å². The lowest BCUT2D eigenvalue weighted by atomic mass is 9.76. The highest BCUT2D eigenvalue weighted by atomic mass is 14.7. The molecule has 29 heavy (non-hydrogen) atoms. The summed E-state index contributed by atoms with van der Waals surface area (Å²) in [7, 11) is 0. The van der Waals surface area contributed by atoms with E-state index < -0.39 is 0 Å². The van der Waals surface area contributed by atoms with E-state index in [1.54, 1.807) is 0 Å². The molecule has 0 N–H and O–H groups in total. The van der Waals surface area contributed by atoms with E-state index in [2.05, 4.69) is 95.5 Å². The lowest BCUT2D eigenvalue weighted by Gasteiger charge is -2.28. The molecular weight excluding hydrogens is 350 g/mol. The predicted molar refractivity (Wildman–Crippen MR) is 127 cm³/mol. The number of aliphatic imine (C=N–C) groups is 1. The zero-order valence-electron chi connectivity index (χ0n) is 17.9. The third-order valence-corrected chi connectivity index (χ3v) is 5.56. The number of hydrogen-bond acceptors (Lipinski definition) is 1. The van der Waals surface area contributed by atoms with Crippen LogP contribution in [0.3, 0.4) is 0 Å². The Morgan fingerprint density at radius 2 is 1.59 bits per heavy atom. The Bertz CT molecular complexity index is 1070. The van der Waals surface area contributed by atoms with Crippen molar-refractivity contribution in [1.82, 2.24) is 0 Å². The SMILES string of the molecule is C=C1C=CC(/C=C/C(=C)C(C)(C)c2ccccc2C)=CC/1=N/c1ccccc1C. The molecule has 0 atom stereocenters. The second kappa shape index (κ2) is 8.45. The summed E-state index contributed by atoms with van der Waals surface area (Å²) in [5, 5.41) is 0. The van der Waals surface area contributed by atoms with Crippen molar-refractivity contribution < 1.29 is 0 Å². The molecule has 0 radical (unpaired) electrons. The number of para-hydroxylation sites is 1. The largest absolute Gasteiger partial charge is 0.248 e. The summed E-state index contributed by atoms with van der Waals surface area (Å²) in [5.74, 6) is 0. The minimum Gasteiger partial charge on any atom is -0.248 e. The second-order valence-corrected chi connectivity index (χ2v) is 8.08. The van der Waals surface area contributed by atoms with E-state index in [9.17, 15) is 0 Å². The van der Waals surface area contributed by atoms with Gasteiger partial charge in [0.15, 0.2) is 0 Å². The van der Waals surface area contributed by atoms with Crippen LogP contribution in [-0.4, -0.2) is 5.71 Å². The van der Waals surface area contributed by atoms with Crippen molar-refractivity contribution in [1.29, 1.82) is 0 Å². The molecule has 0 bridgehead atoms. The van der Waals surface area contributed by atoms with E-state index in [0.717, 1.165) is 33.7 Å². The summed E-state index contributed by atoms with van der Waals surface area (Å²) < 4.78 is 0. The Hall–Kier alpha value is -3.19. The molecule has 1 nitrogen and oxygen atoms in total. The van der Waals surface area contributed by atoms with E-state index in [0.29, 0.717) is 0 Å². The van der Waals surface area contributed by atoms with Crippen molar-refractivity contribution in [2.45, 2.75) is 33.1 Å². The van der Waals surface area contributed by atoms with Crippen LogP contribution < -0.4 is 0 Å². The minimum absolute atomic E-state index is 0.136. The Labute approximate surface area is 175 Å². The van der Waals surface area contributed by atoms with E-state index in [-0.39, 0.29) is 5.41 Å². The van der Waals surface area contributed by atoms with Gasteiger partial charge < -0.3 is 0 Å². The van der Waals surface area contributed by atoms with E-state index in [1.165, 1.54) is 11.1 Å². The quantitative estimate of drug-likeness (QED) is 0.476. The predicted octanol–water partition coefficient (Wildman–Crippen LogP) is 7.52. The molecule has 1 aliphatic rings. The molecule has 0 spiro atoms. The highest BCUT2D eigenvalue weighted by molar-refractivity contribution is 6.13. The summed E-state index contributed by atoms with van der Waals surface area (Å²) in [6.07, 6.45) is 10.4. The summed E-state index contributed by atoms with van der Waals surface area (Å²) in [6.45, 7) is 17.2. The first-order valence-corrected chi connectivity index (χ1v) is 9.96.